The van der Waals surface area contributed by atoms with E-state index in [4.69, 9.17) is 13.8 Å². The SMILES string of the molecule is CCOC1=NN(c2ccc(S(=O)(=O)O)cc2)C(=O)C1CC=CC=Cc1cnn(-c2ccc(S(=O)(=O)O)cc2)c1O. The summed E-state index contributed by atoms with van der Waals surface area (Å²) in [5, 5.41) is 19.9. The van der Waals surface area contributed by atoms with Crippen LogP contribution in [0.1, 0.15) is 18.9 Å². The molecule has 4 rings (SSSR count). The Hall–Kier alpha value is -4.31. The lowest BCUT2D eigenvalue weighted by atomic mass is 10.0. The highest BCUT2D eigenvalue weighted by atomic mass is 32.2. The fourth-order valence-corrected chi connectivity index (χ4v) is 4.73. The van der Waals surface area contributed by atoms with Crippen molar-refractivity contribution >= 4 is 43.8 Å². The molecule has 1 unspecified atom stereocenters. The first kappa shape index (κ1) is 28.7. The normalized spacial score (nSPS) is 16.3. The van der Waals surface area contributed by atoms with E-state index >= 15 is 0 Å². The van der Waals surface area contributed by atoms with Crippen LogP contribution in [0.4, 0.5) is 5.69 Å². The van der Waals surface area contributed by atoms with Crippen LogP contribution in [0, 0.1) is 5.92 Å². The predicted octanol–water partition coefficient (Wildman–Crippen LogP) is 3.04. The molecule has 0 saturated heterocycles. The zero-order valence-electron chi connectivity index (χ0n) is 20.9. The topological polar surface area (TPSA) is 189 Å². The van der Waals surface area contributed by atoms with Crippen molar-refractivity contribution in [2.75, 3.05) is 11.6 Å². The van der Waals surface area contributed by atoms with Crippen LogP contribution in [-0.4, -0.2) is 59.2 Å². The van der Waals surface area contributed by atoms with Gasteiger partial charge in [0.05, 0.1) is 39.5 Å². The largest absolute Gasteiger partial charge is 0.493 e. The Morgan fingerprint density at radius 3 is 2.05 bits per heavy atom. The van der Waals surface area contributed by atoms with Crippen LogP contribution < -0.4 is 5.01 Å². The van der Waals surface area contributed by atoms with Gasteiger partial charge in [-0.2, -0.15) is 26.9 Å². The Morgan fingerprint density at radius 1 is 0.925 bits per heavy atom. The Morgan fingerprint density at radius 2 is 1.50 bits per heavy atom. The first-order valence-corrected chi connectivity index (χ1v) is 14.6. The smallest absolute Gasteiger partial charge is 0.294 e. The molecule has 40 heavy (non-hydrogen) atoms. The van der Waals surface area contributed by atoms with E-state index in [-0.39, 0.29) is 40.5 Å². The number of carbonyl (C=O) groups excluding carboxylic acids is 1. The van der Waals surface area contributed by atoms with Gasteiger partial charge in [-0.3, -0.25) is 13.9 Å². The first-order valence-electron chi connectivity index (χ1n) is 11.7. The minimum atomic E-state index is -4.38. The first-order chi connectivity index (χ1) is 18.9. The van der Waals surface area contributed by atoms with Crippen molar-refractivity contribution < 1.29 is 40.6 Å². The average molecular weight is 589 g/mol. The van der Waals surface area contributed by atoms with Crippen LogP contribution in [0.25, 0.3) is 11.8 Å². The van der Waals surface area contributed by atoms with Gasteiger partial charge in [0.2, 0.25) is 11.8 Å². The van der Waals surface area contributed by atoms with Crippen LogP contribution in [0.3, 0.4) is 0 Å². The summed E-state index contributed by atoms with van der Waals surface area (Å²) in [6.07, 6.45) is 8.24. The molecule has 210 valence electrons. The maximum absolute atomic E-state index is 13.0. The van der Waals surface area contributed by atoms with Crippen molar-refractivity contribution in [3.8, 4) is 11.6 Å². The van der Waals surface area contributed by atoms with E-state index < -0.39 is 26.2 Å². The Bertz CT molecular complexity index is 1710. The van der Waals surface area contributed by atoms with E-state index in [1.165, 1.54) is 47.3 Å². The molecule has 1 atom stereocenters. The fourth-order valence-electron chi connectivity index (χ4n) is 3.77. The van der Waals surface area contributed by atoms with E-state index in [1.54, 1.807) is 31.2 Å². The van der Waals surface area contributed by atoms with Crippen molar-refractivity contribution in [1.29, 1.82) is 0 Å². The Labute approximate surface area is 229 Å². The number of aromatic hydroxyl groups is 1. The lowest BCUT2D eigenvalue weighted by Crippen LogP contribution is -2.27. The number of carbonyl (C=O) groups is 1. The second-order valence-electron chi connectivity index (χ2n) is 8.37. The summed E-state index contributed by atoms with van der Waals surface area (Å²) in [5.74, 6) is -1.08. The number of anilines is 1. The summed E-state index contributed by atoms with van der Waals surface area (Å²) < 4.78 is 69.9. The van der Waals surface area contributed by atoms with E-state index in [2.05, 4.69) is 10.2 Å². The highest BCUT2D eigenvalue weighted by molar-refractivity contribution is 7.86. The van der Waals surface area contributed by atoms with Gasteiger partial charge in [0.1, 0.15) is 5.92 Å². The summed E-state index contributed by atoms with van der Waals surface area (Å²) in [7, 11) is -8.72. The van der Waals surface area contributed by atoms with E-state index in [0.717, 1.165) is 17.1 Å². The minimum absolute atomic E-state index is 0.198. The van der Waals surface area contributed by atoms with Crippen molar-refractivity contribution in [1.82, 2.24) is 9.78 Å². The van der Waals surface area contributed by atoms with E-state index in [9.17, 15) is 26.7 Å². The highest BCUT2D eigenvalue weighted by Crippen LogP contribution is 2.28. The Balaban J connectivity index is 1.43. The van der Waals surface area contributed by atoms with Crippen LogP contribution in [0.5, 0.6) is 5.88 Å². The van der Waals surface area contributed by atoms with Gasteiger partial charge in [0.25, 0.3) is 26.1 Å². The van der Waals surface area contributed by atoms with Gasteiger partial charge in [-0.15, -0.1) is 5.10 Å². The van der Waals surface area contributed by atoms with E-state index in [0.29, 0.717) is 16.9 Å². The maximum Gasteiger partial charge on any atom is 0.294 e. The van der Waals surface area contributed by atoms with Crippen LogP contribution >= 0.6 is 0 Å². The highest BCUT2D eigenvalue weighted by Gasteiger charge is 2.37. The summed E-state index contributed by atoms with van der Waals surface area (Å²) >= 11 is 0. The van der Waals surface area contributed by atoms with Gasteiger partial charge >= 0.3 is 0 Å². The van der Waals surface area contributed by atoms with Gasteiger partial charge in [0, 0.05) is 0 Å². The third-order valence-electron chi connectivity index (χ3n) is 5.72. The zero-order valence-corrected chi connectivity index (χ0v) is 22.5. The monoisotopic (exact) mass is 588 g/mol. The molecule has 0 bridgehead atoms. The Kier molecular flexibility index (Phi) is 8.20. The van der Waals surface area contributed by atoms with Crippen LogP contribution in [0.15, 0.2) is 87.8 Å². The minimum Gasteiger partial charge on any atom is -0.493 e. The molecular formula is C25H24N4O9S2. The zero-order chi connectivity index (χ0) is 29.1. The number of ether oxygens (including phenoxy) is 1. The lowest BCUT2D eigenvalue weighted by Gasteiger charge is -2.13. The molecule has 2 aromatic carbocycles. The van der Waals surface area contributed by atoms with Crippen LogP contribution in [0.2, 0.25) is 0 Å². The van der Waals surface area contributed by atoms with Gasteiger partial charge in [0.15, 0.2) is 0 Å². The molecule has 0 saturated carbocycles. The number of hydrogen-bond donors (Lipinski definition) is 3. The number of amides is 1. The van der Waals surface area contributed by atoms with Crippen molar-refractivity contribution in [2.45, 2.75) is 23.1 Å². The summed E-state index contributed by atoms with van der Waals surface area (Å²) in [6.45, 7) is 2.03. The summed E-state index contributed by atoms with van der Waals surface area (Å²) in [5.41, 5.74) is 1.05. The summed E-state index contributed by atoms with van der Waals surface area (Å²) in [4.78, 5) is 12.4. The third-order valence-corrected chi connectivity index (χ3v) is 7.46. The molecule has 1 amide bonds. The van der Waals surface area contributed by atoms with Gasteiger partial charge < -0.3 is 9.84 Å². The number of aromatic nitrogens is 2. The average Bonchev–Trinajstić information content (AvgIpc) is 3.42. The molecule has 2 heterocycles. The molecule has 0 fully saturated rings. The van der Waals surface area contributed by atoms with Gasteiger partial charge in [-0.05, 0) is 68.0 Å². The molecular weight excluding hydrogens is 564 g/mol. The van der Waals surface area contributed by atoms with Crippen LogP contribution in [-0.2, 0) is 29.8 Å². The standard InChI is InChI=1S/C25H24N4O9S2/c1-2-38-23-22(25(31)29(27-23)19-10-14-21(15-11-19)40(35,36)37)7-5-3-4-6-17-16-26-28(24(17)30)18-8-12-20(13-9-18)39(32,33)34/h3-6,8-16,22,30H,2,7H2,1H3,(H,32,33,34)(H,35,36,37). The quantitative estimate of drug-likeness (QED) is 0.247. The lowest BCUT2D eigenvalue weighted by molar-refractivity contribution is -0.119. The van der Waals surface area contributed by atoms with Crippen molar-refractivity contribution in [2.24, 2.45) is 11.0 Å². The van der Waals surface area contributed by atoms with E-state index in [1.807, 2.05) is 0 Å². The number of nitrogens with zero attached hydrogens (tertiary/aromatic N) is 4. The molecule has 13 nitrogen and oxygen atoms in total. The van der Waals surface area contributed by atoms with Gasteiger partial charge in [-0.25, -0.2) is 4.68 Å². The molecule has 0 radical (unpaired) electrons. The second kappa shape index (κ2) is 11.4. The number of rotatable bonds is 9. The predicted molar refractivity (Wildman–Crippen MR) is 144 cm³/mol. The van der Waals surface area contributed by atoms with Crippen molar-refractivity contribution in [3.63, 3.8) is 0 Å². The molecule has 3 N–H and O–H groups in total. The number of hydrazone groups is 1. The summed E-state index contributed by atoms with van der Waals surface area (Å²) in [6, 6.07) is 10.2. The molecule has 0 aliphatic carbocycles. The molecule has 3 aromatic rings. The van der Waals surface area contributed by atoms with Crippen molar-refractivity contribution in [3.05, 3.63) is 78.5 Å². The number of benzene rings is 2. The number of hydrogen-bond acceptors (Lipinski definition) is 9. The molecule has 1 aliphatic rings. The second-order valence-corrected chi connectivity index (χ2v) is 11.2. The fraction of sp³-hybridized carbons (Fsp3) is 0.160. The molecule has 15 heteroatoms. The number of allylic oxidation sites excluding steroid dienone is 3. The molecule has 1 aromatic heterocycles. The molecule has 1 aliphatic heterocycles. The third kappa shape index (κ3) is 6.28. The molecule has 0 spiro atoms. The van der Waals surface area contributed by atoms with Gasteiger partial charge in [-0.1, -0.05) is 18.2 Å². The maximum atomic E-state index is 13.0.